The minimum absolute atomic E-state index is 0.100. The standard InChI is InChI=1S/C14H15N3O/c1-10-12(14(18)17-6-2-3-7-17)8-11-9-15-5-4-13(11)16-10/h4-5,8-9H,2-3,6-7H2,1H3. The summed E-state index contributed by atoms with van der Waals surface area (Å²) in [5.74, 6) is 0.100. The van der Waals surface area contributed by atoms with Crippen LogP contribution in [0.2, 0.25) is 0 Å². The fourth-order valence-electron chi connectivity index (χ4n) is 2.42. The van der Waals surface area contributed by atoms with Crippen molar-refractivity contribution in [3.05, 3.63) is 35.8 Å². The first-order valence-corrected chi connectivity index (χ1v) is 6.26. The van der Waals surface area contributed by atoms with Crippen LogP contribution < -0.4 is 0 Å². The van der Waals surface area contributed by atoms with E-state index in [2.05, 4.69) is 9.97 Å². The number of likely N-dealkylation sites (tertiary alicyclic amines) is 1. The number of carbonyl (C=O) groups excluding carboxylic acids is 1. The average molecular weight is 241 g/mol. The summed E-state index contributed by atoms with van der Waals surface area (Å²) < 4.78 is 0. The highest BCUT2D eigenvalue weighted by atomic mass is 16.2. The van der Waals surface area contributed by atoms with Crippen molar-refractivity contribution < 1.29 is 4.79 Å². The predicted molar refractivity (Wildman–Crippen MR) is 69.4 cm³/mol. The second-order valence-electron chi connectivity index (χ2n) is 4.69. The van der Waals surface area contributed by atoms with Crippen LogP contribution >= 0.6 is 0 Å². The van der Waals surface area contributed by atoms with Crippen LogP contribution in [-0.4, -0.2) is 33.9 Å². The Kier molecular flexibility index (Phi) is 2.70. The Morgan fingerprint density at radius 1 is 1.33 bits per heavy atom. The second kappa shape index (κ2) is 4.37. The van der Waals surface area contributed by atoms with Crippen molar-refractivity contribution in [3.8, 4) is 0 Å². The van der Waals surface area contributed by atoms with Crippen molar-refractivity contribution in [2.75, 3.05) is 13.1 Å². The summed E-state index contributed by atoms with van der Waals surface area (Å²) >= 11 is 0. The molecule has 0 aliphatic carbocycles. The third-order valence-corrected chi connectivity index (χ3v) is 3.43. The normalized spacial score (nSPS) is 15.3. The third kappa shape index (κ3) is 1.83. The van der Waals surface area contributed by atoms with Crippen molar-refractivity contribution in [3.63, 3.8) is 0 Å². The number of rotatable bonds is 1. The van der Waals surface area contributed by atoms with Gasteiger partial charge >= 0.3 is 0 Å². The van der Waals surface area contributed by atoms with E-state index in [-0.39, 0.29) is 5.91 Å². The Balaban J connectivity index is 2.05. The number of aromatic nitrogens is 2. The molecule has 0 bridgehead atoms. The molecular formula is C14H15N3O. The molecule has 1 fully saturated rings. The van der Waals surface area contributed by atoms with Crippen LogP contribution in [0, 0.1) is 6.92 Å². The molecule has 0 saturated carbocycles. The molecule has 0 radical (unpaired) electrons. The lowest BCUT2D eigenvalue weighted by molar-refractivity contribution is 0.0792. The van der Waals surface area contributed by atoms with E-state index in [4.69, 9.17) is 0 Å². The smallest absolute Gasteiger partial charge is 0.255 e. The highest BCUT2D eigenvalue weighted by Crippen LogP contribution is 2.19. The van der Waals surface area contributed by atoms with Crippen LogP contribution in [0.1, 0.15) is 28.9 Å². The monoisotopic (exact) mass is 241 g/mol. The summed E-state index contributed by atoms with van der Waals surface area (Å²) in [5.41, 5.74) is 2.39. The van der Waals surface area contributed by atoms with Crippen molar-refractivity contribution in [2.24, 2.45) is 0 Å². The third-order valence-electron chi connectivity index (χ3n) is 3.43. The van der Waals surface area contributed by atoms with E-state index in [0.717, 1.165) is 42.5 Å². The molecule has 3 rings (SSSR count). The quantitative estimate of drug-likeness (QED) is 0.768. The molecule has 1 amide bonds. The van der Waals surface area contributed by atoms with Crippen molar-refractivity contribution in [2.45, 2.75) is 19.8 Å². The lowest BCUT2D eigenvalue weighted by Gasteiger charge is -2.16. The molecule has 0 N–H and O–H groups in total. The molecule has 2 aromatic rings. The second-order valence-corrected chi connectivity index (χ2v) is 4.69. The van der Waals surface area contributed by atoms with E-state index in [1.165, 1.54) is 0 Å². The molecule has 0 aromatic carbocycles. The van der Waals surface area contributed by atoms with Crippen LogP contribution in [0.5, 0.6) is 0 Å². The van der Waals surface area contributed by atoms with Crippen LogP contribution in [0.4, 0.5) is 0 Å². The average Bonchev–Trinajstić information content (AvgIpc) is 2.91. The number of amides is 1. The summed E-state index contributed by atoms with van der Waals surface area (Å²) in [6.07, 6.45) is 5.68. The molecule has 92 valence electrons. The van der Waals surface area contributed by atoms with Gasteiger partial charge in [0.25, 0.3) is 5.91 Å². The van der Waals surface area contributed by atoms with Crippen molar-refractivity contribution in [1.82, 2.24) is 14.9 Å². The van der Waals surface area contributed by atoms with Crippen LogP contribution in [0.3, 0.4) is 0 Å². The number of hydrogen-bond donors (Lipinski definition) is 0. The Hall–Kier alpha value is -1.97. The van der Waals surface area contributed by atoms with Crippen LogP contribution in [0.25, 0.3) is 10.9 Å². The molecule has 1 saturated heterocycles. The molecule has 4 nitrogen and oxygen atoms in total. The zero-order chi connectivity index (χ0) is 12.5. The Bertz CT molecular complexity index is 603. The van der Waals surface area contributed by atoms with Crippen LogP contribution in [-0.2, 0) is 0 Å². The highest BCUT2D eigenvalue weighted by molar-refractivity contribution is 5.98. The predicted octanol–water partition coefficient (Wildman–Crippen LogP) is 2.17. The lowest BCUT2D eigenvalue weighted by atomic mass is 10.1. The molecule has 0 atom stereocenters. The lowest BCUT2D eigenvalue weighted by Crippen LogP contribution is -2.28. The summed E-state index contributed by atoms with van der Waals surface area (Å²) in [7, 11) is 0. The maximum Gasteiger partial charge on any atom is 0.255 e. The minimum atomic E-state index is 0.100. The maximum absolute atomic E-state index is 12.4. The van der Waals surface area contributed by atoms with Gasteiger partial charge in [-0.05, 0) is 31.9 Å². The SMILES string of the molecule is Cc1nc2ccncc2cc1C(=O)N1CCCC1. The number of hydrogen-bond acceptors (Lipinski definition) is 3. The number of nitrogens with zero attached hydrogens (tertiary/aromatic N) is 3. The van der Waals surface area contributed by atoms with Gasteiger partial charge < -0.3 is 4.90 Å². The molecular weight excluding hydrogens is 226 g/mol. The summed E-state index contributed by atoms with van der Waals surface area (Å²) in [6, 6.07) is 3.78. The molecule has 4 heteroatoms. The molecule has 0 spiro atoms. The van der Waals surface area contributed by atoms with Gasteiger partial charge in [-0.3, -0.25) is 14.8 Å². The zero-order valence-electron chi connectivity index (χ0n) is 10.4. The van der Waals surface area contributed by atoms with Gasteiger partial charge in [0.2, 0.25) is 0 Å². The van der Waals surface area contributed by atoms with Gasteiger partial charge in [-0.2, -0.15) is 0 Å². The van der Waals surface area contributed by atoms with Gasteiger partial charge in [0.1, 0.15) is 0 Å². The number of pyridine rings is 2. The van der Waals surface area contributed by atoms with Gasteiger partial charge in [-0.15, -0.1) is 0 Å². The molecule has 0 unspecified atom stereocenters. The first-order valence-electron chi connectivity index (χ1n) is 6.26. The Labute approximate surface area is 106 Å². The fourth-order valence-corrected chi connectivity index (χ4v) is 2.42. The summed E-state index contributed by atoms with van der Waals surface area (Å²) in [6.45, 7) is 3.62. The molecule has 18 heavy (non-hydrogen) atoms. The van der Waals surface area contributed by atoms with Crippen molar-refractivity contribution in [1.29, 1.82) is 0 Å². The van der Waals surface area contributed by atoms with Gasteiger partial charge in [0.05, 0.1) is 16.8 Å². The molecule has 1 aliphatic heterocycles. The topological polar surface area (TPSA) is 46.1 Å². The number of fused-ring (bicyclic) bond motifs is 1. The number of aryl methyl sites for hydroxylation is 1. The van der Waals surface area contributed by atoms with Gasteiger partial charge in [0, 0.05) is 30.9 Å². The first kappa shape index (κ1) is 11.1. The largest absolute Gasteiger partial charge is 0.339 e. The van der Waals surface area contributed by atoms with E-state index < -0.39 is 0 Å². The van der Waals surface area contributed by atoms with Crippen LogP contribution in [0.15, 0.2) is 24.5 Å². The van der Waals surface area contributed by atoms with Crippen molar-refractivity contribution >= 4 is 16.8 Å². The minimum Gasteiger partial charge on any atom is -0.339 e. The fraction of sp³-hybridized carbons (Fsp3) is 0.357. The van der Waals surface area contributed by atoms with Gasteiger partial charge in [-0.25, -0.2) is 0 Å². The van der Waals surface area contributed by atoms with E-state index >= 15 is 0 Å². The number of carbonyl (C=O) groups is 1. The molecule has 1 aliphatic rings. The zero-order valence-corrected chi connectivity index (χ0v) is 10.4. The Morgan fingerprint density at radius 3 is 2.89 bits per heavy atom. The summed E-state index contributed by atoms with van der Waals surface area (Å²) in [4.78, 5) is 22.8. The maximum atomic E-state index is 12.4. The highest BCUT2D eigenvalue weighted by Gasteiger charge is 2.21. The molecule has 2 aromatic heterocycles. The van der Waals surface area contributed by atoms with E-state index in [9.17, 15) is 4.79 Å². The van der Waals surface area contributed by atoms with Gasteiger partial charge in [-0.1, -0.05) is 0 Å². The van der Waals surface area contributed by atoms with E-state index in [0.29, 0.717) is 5.56 Å². The first-order chi connectivity index (χ1) is 8.75. The van der Waals surface area contributed by atoms with E-state index in [1.54, 1.807) is 12.4 Å². The summed E-state index contributed by atoms with van der Waals surface area (Å²) in [5, 5.41) is 0.922. The van der Waals surface area contributed by atoms with E-state index in [1.807, 2.05) is 24.0 Å². The molecule has 3 heterocycles. The van der Waals surface area contributed by atoms with Gasteiger partial charge in [0.15, 0.2) is 0 Å². The Morgan fingerprint density at radius 2 is 2.11 bits per heavy atom.